The van der Waals surface area contributed by atoms with Crippen molar-refractivity contribution in [3.8, 4) is 11.5 Å². The standard InChI is InChI=1S/C27H29F2N9O3S/c1-42(40)12-4-31-26(39)17-13-21(19(29)14-18(17)28)36-8-5-35(6-9-36)7-10-37-16-32-24-22-15-20(23-3-2-11-41-23)34-38(22)27(30)33-25(24)37/h2-3,11,13-16H,4-10,12H2,1H3,(H2,30,33)(H,31,39). The number of rotatable bonds is 9. The van der Waals surface area contributed by atoms with Crippen LogP contribution in [0.25, 0.3) is 28.1 Å². The highest BCUT2D eigenvalue weighted by Crippen LogP contribution is 2.27. The normalized spacial score (nSPS) is 15.1. The third kappa shape index (κ3) is 5.44. The van der Waals surface area contributed by atoms with E-state index in [0.29, 0.717) is 61.9 Å². The van der Waals surface area contributed by atoms with Crippen molar-refractivity contribution in [3.63, 3.8) is 0 Å². The fourth-order valence-corrected chi connectivity index (χ4v) is 5.47. The fraction of sp³-hybridized carbons (Fsp3) is 0.333. The Bertz CT molecular complexity index is 1780. The van der Waals surface area contributed by atoms with Crippen molar-refractivity contribution in [1.29, 1.82) is 0 Å². The molecule has 1 amide bonds. The molecule has 1 aliphatic heterocycles. The summed E-state index contributed by atoms with van der Waals surface area (Å²) < 4.78 is 49.3. The zero-order chi connectivity index (χ0) is 29.4. The van der Waals surface area contributed by atoms with E-state index in [0.717, 1.165) is 11.6 Å². The predicted octanol–water partition coefficient (Wildman–Crippen LogP) is 2.13. The van der Waals surface area contributed by atoms with E-state index in [1.807, 2.05) is 21.6 Å². The number of nitrogens with zero attached hydrogens (tertiary/aromatic N) is 7. The minimum Gasteiger partial charge on any atom is -0.463 e. The van der Waals surface area contributed by atoms with Crippen LogP contribution in [0.5, 0.6) is 0 Å². The van der Waals surface area contributed by atoms with E-state index in [2.05, 4.69) is 25.3 Å². The van der Waals surface area contributed by atoms with Crippen LogP contribution in [-0.2, 0) is 17.3 Å². The molecule has 1 atom stereocenters. The molecule has 6 rings (SSSR count). The highest BCUT2D eigenvalue weighted by atomic mass is 32.2. The van der Waals surface area contributed by atoms with E-state index >= 15 is 0 Å². The summed E-state index contributed by atoms with van der Waals surface area (Å²) in [6.07, 6.45) is 4.83. The van der Waals surface area contributed by atoms with Crippen LogP contribution in [0.1, 0.15) is 10.4 Å². The first kappa shape index (κ1) is 27.8. The number of amides is 1. The van der Waals surface area contributed by atoms with Gasteiger partial charge in [0.2, 0.25) is 5.95 Å². The summed E-state index contributed by atoms with van der Waals surface area (Å²) in [6, 6.07) is 7.47. The quantitative estimate of drug-likeness (QED) is 0.262. The zero-order valence-corrected chi connectivity index (χ0v) is 23.6. The summed E-state index contributed by atoms with van der Waals surface area (Å²) in [5.41, 5.74) is 8.85. The number of nitrogen functional groups attached to an aromatic ring is 1. The van der Waals surface area contributed by atoms with Crippen LogP contribution in [0.3, 0.4) is 0 Å². The number of hydrogen-bond acceptors (Lipinski definition) is 9. The van der Waals surface area contributed by atoms with Gasteiger partial charge < -0.3 is 24.9 Å². The summed E-state index contributed by atoms with van der Waals surface area (Å²) in [5.74, 6) is -1.21. The Balaban J connectivity index is 1.11. The summed E-state index contributed by atoms with van der Waals surface area (Å²) in [7, 11) is -1.09. The number of hydrogen-bond donors (Lipinski definition) is 2. The molecule has 1 fully saturated rings. The molecule has 5 heterocycles. The fourth-order valence-electron chi connectivity index (χ4n) is 5.08. The minimum atomic E-state index is -1.09. The molecule has 1 saturated heterocycles. The number of fused-ring (bicyclic) bond motifs is 3. The lowest BCUT2D eigenvalue weighted by Crippen LogP contribution is -2.47. The first-order valence-corrected chi connectivity index (χ1v) is 15.1. The summed E-state index contributed by atoms with van der Waals surface area (Å²) in [6.45, 7) is 3.73. The number of carbonyl (C=O) groups excluding carboxylic acids is 1. The van der Waals surface area contributed by atoms with E-state index < -0.39 is 28.3 Å². The molecular weight excluding hydrogens is 568 g/mol. The maximum absolute atomic E-state index is 14.7. The van der Waals surface area contributed by atoms with Gasteiger partial charge in [-0.05, 0) is 24.3 Å². The molecule has 0 spiro atoms. The summed E-state index contributed by atoms with van der Waals surface area (Å²) in [4.78, 5) is 25.6. The molecule has 0 bridgehead atoms. The number of imidazole rings is 1. The number of aromatic nitrogens is 5. The SMILES string of the molecule is CS(=O)CCNC(=O)c1cc(N2CCN(CCn3cnc4c3nc(N)n3nc(-c5ccco5)cc43)CC2)c(F)cc1F. The number of benzene rings is 1. The van der Waals surface area contributed by atoms with E-state index in [1.54, 1.807) is 23.2 Å². The lowest BCUT2D eigenvalue weighted by Gasteiger charge is -2.36. The van der Waals surface area contributed by atoms with Gasteiger partial charge in [-0.25, -0.2) is 13.8 Å². The van der Waals surface area contributed by atoms with Crippen molar-refractivity contribution >= 4 is 45.0 Å². The molecule has 42 heavy (non-hydrogen) atoms. The molecule has 0 aliphatic carbocycles. The first-order chi connectivity index (χ1) is 20.3. The average molecular weight is 598 g/mol. The van der Waals surface area contributed by atoms with Gasteiger partial charge in [0, 0.05) is 74.7 Å². The van der Waals surface area contributed by atoms with Crippen LogP contribution < -0.4 is 16.0 Å². The highest BCUT2D eigenvalue weighted by Gasteiger charge is 2.24. The number of piperazine rings is 1. The zero-order valence-electron chi connectivity index (χ0n) is 22.8. The second-order valence-electron chi connectivity index (χ2n) is 10.0. The molecule has 220 valence electrons. The third-order valence-electron chi connectivity index (χ3n) is 7.30. The largest absolute Gasteiger partial charge is 0.463 e. The van der Waals surface area contributed by atoms with Gasteiger partial charge in [0.25, 0.3) is 5.91 Å². The van der Waals surface area contributed by atoms with E-state index in [9.17, 15) is 17.8 Å². The summed E-state index contributed by atoms with van der Waals surface area (Å²) >= 11 is 0. The average Bonchev–Trinajstić information content (AvgIpc) is 3.72. The van der Waals surface area contributed by atoms with Crippen LogP contribution >= 0.6 is 0 Å². The van der Waals surface area contributed by atoms with Crippen LogP contribution in [0.15, 0.2) is 47.3 Å². The van der Waals surface area contributed by atoms with Gasteiger partial charge in [0.1, 0.15) is 28.4 Å². The Morgan fingerprint density at radius 2 is 1.95 bits per heavy atom. The Kier molecular flexibility index (Phi) is 7.60. The molecule has 15 heteroatoms. The van der Waals surface area contributed by atoms with Crippen molar-refractivity contribution in [2.24, 2.45) is 0 Å². The molecule has 0 radical (unpaired) electrons. The molecule has 3 N–H and O–H groups in total. The molecule has 5 aromatic rings. The second kappa shape index (κ2) is 11.5. The Hall–Kier alpha value is -4.37. The number of carbonyl (C=O) groups is 1. The number of anilines is 2. The number of nitrogens with two attached hydrogens (primary N) is 1. The van der Waals surface area contributed by atoms with Crippen molar-refractivity contribution in [2.45, 2.75) is 6.54 Å². The van der Waals surface area contributed by atoms with Gasteiger partial charge >= 0.3 is 0 Å². The molecule has 4 aromatic heterocycles. The molecule has 1 aromatic carbocycles. The maximum Gasteiger partial charge on any atom is 0.254 e. The third-order valence-corrected chi connectivity index (χ3v) is 8.08. The van der Waals surface area contributed by atoms with Gasteiger partial charge in [0.05, 0.1) is 23.8 Å². The number of halogens is 2. The maximum atomic E-state index is 14.7. The van der Waals surface area contributed by atoms with Crippen molar-refractivity contribution in [2.75, 3.05) is 61.9 Å². The van der Waals surface area contributed by atoms with Crippen LogP contribution in [0.4, 0.5) is 20.4 Å². The van der Waals surface area contributed by atoms with Gasteiger partial charge in [0.15, 0.2) is 11.4 Å². The van der Waals surface area contributed by atoms with Gasteiger partial charge in [-0.3, -0.25) is 13.9 Å². The van der Waals surface area contributed by atoms with E-state index in [4.69, 9.17) is 10.2 Å². The van der Waals surface area contributed by atoms with Crippen molar-refractivity contribution in [1.82, 2.24) is 34.4 Å². The molecule has 1 unspecified atom stereocenters. The van der Waals surface area contributed by atoms with E-state index in [-0.39, 0.29) is 29.5 Å². The Morgan fingerprint density at radius 3 is 2.69 bits per heavy atom. The topological polar surface area (TPSA) is 140 Å². The molecular formula is C27H29F2N9O3S. The first-order valence-electron chi connectivity index (χ1n) is 13.4. The predicted molar refractivity (Wildman–Crippen MR) is 155 cm³/mol. The Labute approximate surface area is 241 Å². The number of nitrogens with one attached hydrogen (secondary N) is 1. The summed E-state index contributed by atoms with van der Waals surface area (Å²) in [5, 5.41) is 7.04. The van der Waals surface area contributed by atoms with Gasteiger partial charge in [-0.1, -0.05) is 0 Å². The molecule has 0 saturated carbocycles. The van der Waals surface area contributed by atoms with Gasteiger partial charge in [-0.2, -0.15) is 14.6 Å². The smallest absolute Gasteiger partial charge is 0.254 e. The lowest BCUT2D eigenvalue weighted by atomic mass is 10.1. The lowest BCUT2D eigenvalue weighted by molar-refractivity contribution is 0.0952. The molecule has 12 nitrogen and oxygen atoms in total. The van der Waals surface area contributed by atoms with Crippen molar-refractivity contribution in [3.05, 3.63) is 60.1 Å². The van der Waals surface area contributed by atoms with Crippen LogP contribution in [0.2, 0.25) is 0 Å². The van der Waals surface area contributed by atoms with Crippen LogP contribution in [-0.4, -0.2) is 90.4 Å². The minimum absolute atomic E-state index is 0.139. The highest BCUT2D eigenvalue weighted by molar-refractivity contribution is 7.84. The van der Waals surface area contributed by atoms with Crippen molar-refractivity contribution < 1.29 is 22.2 Å². The van der Waals surface area contributed by atoms with Crippen LogP contribution in [0, 0.1) is 11.6 Å². The van der Waals surface area contributed by atoms with E-state index in [1.165, 1.54) is 12.3 Å². The molecule has 1 aliphatic rings. The Morgan fingerprint density at radius 1 is 1.14 bits per heavy atom. The number of furan rings is 1. The monoisotopic (exact) mass is 597 g/mol. The second-order valence-corrected chi connectivity index (χ2v) is 11.6. The van der Waals surface area contributed by atoms with Gasteiger partial charge in [-0.15, -0.1) is 0 Å².